The van der Waals surface area contributed by atoms with Gasteiger partial charge in [-0.3, -0.25) is 4.90 Å². The van der Waals surface area contributed by atoms with E-state index in [-0.39, 0.29) is 0 Å². The van der Waals surface area contributed by atoms with E-state index in [0.717, 1.165) is 42.0 Å². The minimum absolute atomic E-state index is 0.785. The first-order chi connectivity index (χ1) is 11.2. The van der Waals surface area contributed by atoms with Crippen LogP contribution in [0.4, 0.5) is 5.13 Å². The highest BCUT2D eigenvalue weighted by atomic mass is 32.1. The number of aromatic nitrogens is 3. The van der Waals surface area contributed by atoms with Crippen molar-refractivity contribution in [3.8, 4) is 0 Å². The summed E-state index contributed by atoms with van der Waals surface area (Å²) in [4.78, 5) is 7.80. The van der Waals surface area contributed by atoms with E-state index in [9.17, 15) is 0 Å². The van der Waals surface area contributed by atoms with Gasteiger partial charge in [0.2, 0.25) is 10.1 Å². The van der Waals surface area contributed by atoms with Gasteiger partial charge in [-0.25, -0.2) is 9.50 Å². The minimum Gasteiger partial charge on any atom is -0.356 e. The number of hydrogen-bond acceptors (Lipinski definition) is 5. The normalized spacial score (nSPS) is 11.5. The Morgan fingerprint density at radius 1 is 1.17 bits per heavy atom. The molecule has 23 heavy (non-hydrogen) atoms. The Bertz CT molecular complexity index is 741. The predicted molar refractivity (Wildman–Crippen MR) is 96.0 cm³/mol. The molecule has 122 valence electrons. The molecule has 1 N–H and O–H groups in total. The predicted octanol–water partition coefficient (Wildman–Crippen LogP) is 3.55. The Kier molecular flexibility index (Phi) is 4.93. The van der Waals surface area contributed by atoms with Gasteiger partial charge < -0.3 is 5.32 Å². The quantitative estimate of drug-likeness (QED) is 0.720. The van der Waals surface area contributed by atoms with E-state index in [1.807, 2.05) is 17.6 Å². The van der Waals surface area contributed by atoms with E-state index in [0.29, 0.717) is 0 Å². The van der Waals surface area contributed by atoms with Gasteiger partial charge in [-0.1, -0.05) is 49.4 Å². The van der Waals surface area contributed by atoms with Gasteiger partial charge in [0.05, 0.1) is 11.9 Å². The molecule has 2 aromatic heterocycles. The van der Waals surface area contributed by atoms with Crippen LogP contribution in [0.3, 0.4) is 0 Å². The maximum atomic E-state index is 4.52. The van der Waals surface area contributed by atoms with E-state index in [2.05, 4.69) is 58.4 Å². The average Bonchev–Trinajstić information content (AvgIpc) is 3.08. The lowest BCUT2D eigenvalue weighted by molar-refractivity contribution is 0.295. The summed E-state index contributed by atoms with van der Waals surface area (Å²) in [7, 11) is 0. The summed E-state index contributed by atoms with van der Waals surface area (Å²) < 4.78 is 1.84. The second-order valence-electron chi connectivity index (χ2n) is 5.60. The molecule has 0 radical (unpaired) electrons. The van der Waals surface area contributed by atoms with Crippen molar-refractivity contribution in [2.45, 2.75) is 33.9 Å². The Morgan fingerprint density at radius 3 is 2.61 bits per heavy atom. The summed E-state index contributed by atoms with van der Waals surface area (Å²) in [6, 6.07) is 8.62. The Balaban J connectivity index is 1.70. The van der Waals surface area contributed by atoms with Crippen LogP contribution >= 0.6 is 11.3 Å². The zero-order chi connectivity index (χ0) is 16.2. The van der Waals surface area contributed by atoms with Crippen LogP contribution in [0.2, 0.25) is 0 Å². The number of fused-ring (bicyclic) bond motifs is 1. The highest BCUT2D eigenvalue weighted by molar-refractivity contribution is 7.20. The first-order valence-electron chi connectivity index (χ1n) is 8.05. The van der Waals surface area contributed by atoms with E-state index in [4.69, 9.17) is 0 Å². The van der Waals surface area contributed by atoms with Crippen LogP contribution in [0, 0.1) is 6.92 Å². The lowest BCUT2D eigenvalue weighted by atomic mass is 10.1. The van der Waals surface area contributed by atoms with E-state index < -0.39 is 0 Å². The van der Waals surface area contributed by atoms with Gasteiger partial charge in [0, 0.05) is 13.1 Å². The molecule has 0 saturated carbocycles. The molecule has 1 aromatic carbocycles. The number of nitrogens with one attached hydrogen (secondary N) is 1. The molecule has 3 aromatic rings. The van der Waals surface area contributed by atoms with Gasteiger partial charge in [0.15, 0.2) is 0 Å². The van der Waals surface area contributed by atoms with Crippen molar-refractivity contribution in [1.29, 1.82) is 0 Å². The van der Waals surface area contributed by atoms with Crippen LogP contribution in [0.25, 0.3) is 4.96 Å². The molecule has 0 amide bonds. The van der Waals surface area contributed by atoms with Crippen molar-refractivity contribution in [3.63, 3.8) is 0 Å². The summed E-state index contributed by atoms with van der Waals surface area (Å²) in [5.74, 6) is 0. The molecular weight excluding hydrogens is 306 g/mol. The molecule has 6 heteroatoms. The standard InChI is InChI=1S/C17H23N5S/c1-4-21(5-2)12-15-9-7-6-8-14(15)10-18-16-20-22-11-13(3)19-17(22)23-16/h6-9,11H,4-5,10,12H2,1-3H3,(H,18,20). The molecular formula is C17H23N5S. The first kappa shape index (κ1) is 16.0. The minimum atomic E-state index is 0.785. The molecule has 0 unspecified atom stereocenters. The summed E-state index contributed by atoms with van der Waals surface area (Å²) >= 11 is 1.59. The van der Waals surface area contributed by atoms with Crippen molar-refractivity contribution >= 4 is 21.4 Å². The number of aryl methyl sites for hydroxylation is 1. The topological polar surface area (TPSA) is 45.5 Å². The molecule has 0 saturated heterocycles. The maximum Gasteiger partial charge on any atom is 0.214 e. The molecule has 0 aliphatic rings. The number of benzene rings is 1. The number of rotatable bonds is 7. The second-order valence-corrected chi connectivity index (χ2v) is 6.56. The second kappa shape index (κ2) is 7.10. The van der Waals surface area contributed by atoms with Gasteiger partial charge in [0.1, 0.15) is 0 Å². The Morgan fingerprint density at radius 2 is 1.91 bits per heavy atom. The van der Waals surface area contributed by atoms with Gasteiger partial charge in [-0.15, -0.1) is 5.10 Å². The largest absolute Gasteiger partial charge is 0.356 e. The molecule has 0 atom stereocenters. The third-order valence-corrected chi connectivity index (χ3v) is 4.88. The monoisotopic (exact) mass is 329 g/mol. The Labute approximate surface area is 141 Å². The molecule has 2 heterocycles. The van der Waals surface area contributed by atoms with Crippen LogP contribution in [-0.4, -0.2) is 32.6 Å². The lowest BCUT2D eigenvalue weighted by Gasteiger charge is -2.20. The number of anilines is 1. The van der Waals surface area contributed by atoms with Gasteiger partial charge in [-0.05, 0) is 31.1 Å². The SMILES string of the molecule is CCN(CC)Cc1ccccc1CNc1nn2cc(C)nc2s1. The average molecular weight is 329 g/mol. The summed E-state index contributed by atoms with van der Waals surface area (Å²) in [6.07, 6.45) is 1.95. The van der Waals surface area contributed by atoms with E-state index in [1.165, 1.54) is 11.1 Å². The van der Waals surface area contributed by atoms with Crippen LogP contribution in [0.5, 0.6) is 0 Å². The molecule has 0 aliphatic carbocycles. The zero-order valence-corrected chi connectivity index (χ0v) is 14.7. The van der Waals surface area contributed by atoms with Crippen LogP contribution in [-0.2, 0) is 13.1 Å². The zero-order valence-electron chi connectivity index (χ0n) is 13.9. The van der Waals surface area contributed by atoms with Crippen molar-refractivity contribution < 1.29 is 0 Å². The fourth-order valence-corrected chi connectivity index (χ4v) is 3.45. The number of imidazole rings is 1. The fraction of sp³-hybridized carbons (Fsp3) is 0.412. The molecule has 3 rings (SSSR count). The van der Waals surface area contributed by atoms with Crippen molar-refractivity contribution in [2.75, 3.05) is 18.4 Å². The number of nitrogens with zero attached hydrogens (tertiary/aromatic N) is 4. The summed E-state index contributed by atoms with van der Waals surface area (Å²) in [5.41, 5.74) is 3.70. The van der Waals surface area contributed by atoms with Gasteiger partial charge in [-0.2, -0.15) is 0 Å². The Hall–Kier alpha value is -1.92. The maximum absolute atomic E-state index is 4.52. The van der Waals surface area contributed by atoms with E-state index >= 15 is 0 Å². The van der Waals surface area contributed by atoms with Crippen LogP contribution in [0.1, 0.15) is 30.7 Å². The first-order valence-corrected chi connectivity index (χ1v) is 8.87. The van der Waals surface area contributed by atoms with Crippen LogP contribution < -0.4 is 5.32 Å². The summed E-state index contributed by atoms with van der Waals surface area (Å²) in [5, 5.41) is 8.86. The number of hydrogen-bond donors (Lipinski definition) is 1. The van der Waals surface area contributed by atoms with Gasteiger partial charge in [0.25, 0.3) is 0 Å². The molecule has 0 fully saturated rings. The smallest absolute Gasteiger partial charge is 0.214 e. The summed E-state index contributed by atoms with van der Waals surface area (Å²) in [6.45, 7) is 10.3. The molecule has 5 nitrogen and oxygen atoms in total. The van der Waals surface area contributed by atoms with E-state index in [1.54, 1.807) is 11.3 Å². The van der Waals surface area contributed by atoms with Crippen molar-refractivity contribution in [1.82, 2.24) is 19.5 Å². The lowest BCUT2D eigenvalue weighted by Crippen LogP contribution is -2.23. The van der Waals surface area contributed by atoms with Crippen molar-refractivity contribution in [2.24, 2.45) is 0 Å². The fourth-order valence-electron chi connectivity index (χ4n) is 2.62. The highest BCUT2D eigenvalue weighted by Gasteiger charge is 2.09. The van der Waals surface area contributed by atoms with Crippen LogP contribution in [0.15, 0.2) is 30.5 Å². The third-order valence-electron chi connectivity index (χ3n) is 4.00. The van der Waals surface area contributed by atoms with Gasteiger partial charge >= 0.3 is 0 Å². The molecule has 0 spiro atoms. The molecule has 0 aliphatic heterocycles. The molecule has 0 bridgehead atoms. The highest BCUT2D eigenvalue weighted by Crippen LogP contribution is 2.20. The van der Waals surface area contributed by atoms with Crippen molar-refractivity contribution in [3.05, 3.63) is 47.3 Å². The third kappa shape index (κ3) is 3.71.